The molecule has 2 nitrogen and oxygen atoms in total. The zero-order chi connectivity index (χ0) is 13.7. The first-order valence-corrected chi connectivity index (χ1v) is 6.85. The van der Waals surface area contributed by atoms with Gasteiger partial charge in [0, 0.05) is 12.0 Å². The fourth-order valence-corrected chi connectivity index (χ4v) is 2.68. The molecule has 0 saturated carbocycles. The average molecular weight is 277 g/mol. The largest absolute Gasteiger partial charge is 0.496 e. The first-order valence-electron chi connectivity index (χ1n) is 6.41. The molecule has 0 spiro atoms. The molecule has 0 amide bonds. The molecule has 1 atom stereocenters. The Morgan fingerprint density at radius 1 is 1.26 bits per heavy atom. The lowest BCUT2D eigenvalue weighted by Crippen LogP contribution is -1.97. The van der Waals surface area contributed by atoms with Crippen molar-refractivity contribution in [1.82, 2.24) is 0 Å². The summed E-state index contributed by atoms with van der Waals surface area (Å²) in [7, 11) is 1.66. The minimum atomic E-state index is -0.138. The number of carbonyl (C=O) groups excluding carboxylic acids is 1. The van der Waals surface area contributed by atoms with Crippen LogP contribution in [0.15, 0.2) is 36.4 Å². The fraction of sp³-hybridized carbons (Fsp3) is 0.312. The van der Waals surface area contributed by atoms with E-state index in [-0.39, 0.29) is 5.38 Å². The van der Waals surface area contributed by atoms with E-state index in [9.17, 15) is 4.79 Å². The maximum atomic E-state index is 10.4. The standard InChI is InChI=1S/C16H17ClO2/c1-19-15-10-9-12-6-2-3-7-13(12)16(15)14(17)8-4-5-11-18/h2-3,6-7,9-11,14H,4-5,8H2,1H3. The highest BCUT2D eigenvalue weighted by molar-refractivity contribution is 6.22. The van der Waals surface area contributed by atoms with Gasteiger partial charge in [-0.25, -0.2) is 0 Å². The maximum absolute atomic E-state index is 10.4. The minimum absolute atomic E-state index is 0.138. The quantitative estimate of drug-likeness (QED) is 0.441. The number of alkyl halides is 1. The molecule has 19 heavy (non-hydrogen) atoms. The number of benzene rings is 2. The Kier molecular flexibility index (Phi) is 4.80. The highest BCUT2D eigenvalue weighted by Gasteiger charge is 2.16. The first kappa shape index (κ1) is 13.9. The highest BCUT2D eigenvalue weighted by Crippen LogP contribution is 2.38. The second kappa shape index (κ2) is 6.58. The van der Waals surface area contributed by atoms with Gasteiger partial charge >= 0.3 is 0 Å². The molecule has 0 radical (unpaired) electrons. The van der Waals surface area contributed by atoms with Crippen LogP contribution >= 0.6 is 11.6 Å². The van der Waals surface area contributed by atoms with Crippen LogP contribution in [0.4, 0.5) is 0 Å². The fourth-order valence-electron chi connectivity index (χ4n) is 2.30. The number of carbonyl (C=O) groups is 1. The average Bonchev–Trinajstić information content (AvgIpc) is 2.46. The van der Waals surface area contributed by atoms with Crippen molar-refractivity contribution >= 4 is 28.7 Å². The van der Waals surface area contributed by atoms with Gasteiger partial charge in [-0.1, -0.05) is 30.3 Å². The van der Waals surface area contributed by atoms with E-state index >= 15 is 0 Å². The summed E-state index contributed by atoms with van der Waals surface area (Å²) in [6.45, 7) is 0. The normalized spacial score (nSPS) is 12.3. The van der Waals surface area contributed by atoms with Crippen LogP contribution in [0.5, 0.6) is 5.75 Å². The van der Waals surface area contributed by atoms with Gasteiger partial charge in [0.2, 0.25) is 0 Å². The Balaban J connectivity index is 2.40. The number of aldehydes is 1. The molecule has 100 valence electrons. The summed E-state index contributed by atoms with van der Waals surface area (Å²) >= 11 is 6.51. The van der Waals surface area contributed by atoms with Crippen molar-refractivity contribution in [3.8, 4) is 5.75 Å². The number of fused-ring (bicyclic) bond motifs is 1. The molecule has 0 saturated heterocycles. The van der Waals surface area contributed by atoms with Gasteiger partial charge in [-0.2, -0.15) is 0 Å². The molecule has 0 aliphatic heterocycles. The van der Waals surface area contributed by atoms with Crippen molar-refractivity contribution in [1.29, 1.82) is 0 Å². The Bertz CT molecular complexity index is 566. The van der Waals surface area contributed by atoms with E-state index in [0.29, 0.717) is 6.42 Å². The second-order valence-corrected chi connectivity index (χ2v) is 4.99. The molecule has 0 aliphatic rings. The molecule has 2 rings (SSSR count). The van der Waals surface area contributed by atoms with E-state index in [2.05, 4.69) is 12.1 Å². The minimum Gasteiger partial charge on any atom is -0.496 e. The Labute approximate surface area is 118 Å². The third kappa shape index (κ3) is 3.07. The summed E-state index contributed by atoms with van der Waals surface area (Å²) in [6.07, 6.45) is 3.05. The summed E-state index contributed by atoms with van der Waals surface area (Å²) in [4.78, 5) is 10.4. The van der Waals surface area contributed by atoms with Gasteiger partial charge in [-0.05, 0) is 29.7 Å². The number of rotatable bonds is 6. The maximum Gasteiger partial charge on any atom is 0.124 e. The molecule has 1 unspecified atom stereocenters. The van der Waals surface area contributed by atoms with Gasteiger partial charge in [0.05, 0.1) is 12.5 Å². The summed E-state index contributed by atoms with van der Waals surface area (Å²) in [5, 5.41) is 2.13. The number of hydrogen-bond donors (Lipinski definition) is 0. The molecular formula is C16H17ClO2. The number of methoxy groups -OCH3 is 1. The van der Waals surface area contributed by atoms with Crippen molar-refractivity contribution in [2.45, 2.75) is 24.6 Å². The van der Waals surface area contributed by atoms with Crippen molar-refractivity contribution < 1.29 is 9.53 Å². The summed E-state index contributed by atoms with van der Waals surface area (Å²) in [5.74, 6) is 0.810. The molecule has 0 bridgehead atoms. The first-order chi connectivity index (χ1) is 9.27. The van der Waals surface area contributed by atoms with Gasteiger partial charge in [-0.15, -0.1) is 11.6 Å². The lowest BCUT2D eigenvalue weighted by molar-refractivity contribution is -0.107. The molecule has 2 aromatic carbocycles. The van der Waals surface area contributed by atoms with Crippen LogP contribution in [0, 0.1) is 0 Å². The zero-order valence-corrected chi connectivity index (χ0v) is 11.7. The van der Waals surface area contributed by atoms with Crippen LogP contribution in [0.1, 0.15) is 30.2 Å². The number of ether oxygens (including phenoxy) is 1. The molecule has 0 aromatic heterocycles. The number of unbranched alkanes of at least 4 members (excludes halogenated alkanes) is 1. The van der Waals surface area contributed by atoms with E-state index in [1.54, 1.807) is 7.11 Å². The SMILES string of the molecule is COc1ccc2ccccc2c1C(Cl)CCCC=O. The second-order valence-electron chi connectivity index (χ2n) is 4.47. The molecule has 0 fully saturated rings. The van der Waals surface area contributed by atoms with Gasteiger partial charge in [0.1, 0.15) is 12.0 Å². The topological polar surface area (TPSA) is 26.3 Å². The molecule has 2 aromatic rings. The van der Waals surface area contributed by atoms with Gasteiger partial charge in [-0.3, -0.25) is 0 Å². The van der Waals surface area contributed by atoms with E-state index in [4.69, 9.17) is 16.3 Å². The monoisotopic (exact) mass is 276 g/mol. The van der Waals surface area contributed by atoms with Crippen LogP contribution in [-0.4, -0.2) is 13.4 Å². The molecule has 0 heterocycles. The van der Waals surface area contributed by atoms with Crippen LogP contribution in [0.25, 0.3) is 10.8 Å². The molecule has 0 N–H and O–H groups in total. The summed E-state index contributed by atoms with van der Waals surface area (Å²) in [5.41, 5.74) is 1.02. The van der Waals surface area contributed by atoms with Crippen LogP contribution in [0.3, 0.4) is 0 Å². The number of hydrogen-bond acceptors (Lipinski definition) is 2. The van der Waals surface area contributed by atoms with Crippen molar-refractivity contribution in [3.63, 3.8) is 0 Å². The predicted molar refractivity (Wildman–Crippen MR) is 79.0 cm³/mol. The Morgan fingerprint density at radius 2 is 2.05 bits per heavy atom. The molecular weight excluding hydrogens is 260 g/mol. The predicted octanol–water partition coefficient (Wildman–Crippen LogP) is 4.50. The third-order valence-electron chi connectivity index (χ3n) is 3.24. The Hall–Kier alpha value is -1.54. The Morgan fingerprint density at radius 3 is 2.79 bits per heavy atom. The van der Waals surface area contributed by atoms with Crippen LogP contribution in [-0.2, 0) is 4.79 Å². The lowest BCUT2D eigenvalue weighted by Gasteiger charge is -2.16. The molecule has 0 aliphatic carbocycles. The smallest absolute Gasteiger partial charge is 0.124 e. The third-order valence-corrected chi connectivity index (χ3v) is 3.68. The van der Waals surface area contributed by atoms with E-state index in [1.165, 1.54) is 0 Å². The molecule has 3 heteroatoms. The van der Waals surface area contributed by atoms with Gasteiger partial charge in [0.15, 0.2) is 0 Å². The van der Waals surface area contributed by atoms with Gasteiger partial charge < -0.3 is 9.53 Å². The van der Waals surface area contributed by atoms with Crippen LogP contribution < -0.4 is 4.74 Å². The number of halogens is 1. The van der Waals surface area contributed by atoms with Crippen molar-refractivity contribution in [2.24, 2.45) is 0 Å². The van der Waals surface area contributed by atoms with Crippen molar-refractivity contribution in [3.05, 3.63) is 42.0 Å². The van der Waals surface area contributed by atoms with E-state index in [1.807, 2.05) is 24.3 Å². The lowest BCUT2D eigenvalue weighted by atomic mass is 9.98. The van der Waals surface area contributed by atoms with E-state index < -0.39 is 0 Å². The van der Waals surface area contributed by atoms with Crippen LogP contribution in [0.2, 0.25) is 0 Å². The summed E-state index contributed by atoms with van der Waals surface area (Å²) in [6, 6.07) is 12.1. The van der Waals surface area contributed by atoms with Gasteiger partial charge in [0.25, 0.3) is 0 Å². The zero-order valence-electron chi connectivity index (χ0n) is 10.9. The van der Waals surface area contributed by atoms with Crippen molar-refractivity contribution in [2.75, 3.05) is 7.11 Å². The van der Waals surface area contributed by atoms with E-state index in [0.717, 1.165) is 41.2 Å². The highest BCUT2D eigenvalue weighted by atomic mass is 35.5. The summed E-state index contributed by atoms with van der Waals surface area (Å²) < 4.78 is 5.43.